The maximum atomic E-state index is 14.3. The maximum absolute atomic E-state index is 14.3. The zero-order valence-electron chi connectivity index (χ0n) is 11.6. The summed E-state index contributed by atoms with van der Waals surface area (Å²) in [5.74, 6) is -4.56. The molecule has 0 aliphatic carbocycles. The van der Waals surface area contributed by atoms with Crippen LogP contribution in [0.3, 0.4) is 0 Å². The van der Waals surface area contributed by atoms with E-state index in [0.29, 0.717) is 17.7 Å². The summed E-state index contributed by atoms with van der Waals surface area (Å²) >= 11 is 0. The van der Waals surface area contributed by atoms with Gasteiger partial charge in [0.25, 0.3) is 0 Å². The molecule has 108 valence electrons. The average molecular weight is 287 g/mol. The van der Waals surface area contributed by atoms with Gasteiger partial charge in [0, 0.05) is 6.54 Å². The lowest BCUT2D eigenvalue weighted by Crippen LogP contribution is -2.34. The van der Waals surface area contributed by atoms with Gasteiger partial charge in [0.2, 0.25) is 0 Å². The van der Waals surface area contributed by atoms with Gasteiger partial charge in [-0.25, -0.2) is 0 Å². The number of carbonyl (C=O) groups excluding carboxylic acids is 1. The molecule has 0 fully saturated rings. The molecular formula is C17H15F2NO. The molecule has 1 aliphatic heterocycles. The fraction of sp³-hybridized carbons (Fsp3) is 0.235. The molecule has 1 amide bonds. The Morgan fingerprint density at radius 3 is 2.43 bits per heavy atom. The summed E-state index contributed by atoms with van der Waals surface area (Å²) in [6, 6.07) is 14.4. The molecule has 2 aromatic rings. The Balaban J connectivity index is 2.10. The van der Waals surface area contributed by atoms with Gasteiger partial charge in [0.15, 0.2) is 0 Å². The van der Waals surface area contributed by atoms with Gasteiger partial charge in [-0.3, -0.25) is 4.79 Å². The largest absolute Gasteiger partial charge is 0.352 e. The minimum atomic E-state index is -3.43. The van der Waals surface area contributed by atoms with E-state index >= 15 is 0 Å². The minimum Gasteiger partial charge on any atom is -0.307 e. The van der Waals surface area contributed by atoms with Crippen molar-refractivity contribution in [3.8, 4) is 0 Å². The SMILES string of the molecule is CCN1C(=O)C(F)(F)c2c(Cc3ccccc3)cccc21. The van der Waals surface area contributed by atoms with Crippen molar-refractivity contribution in [1.82, 2.24) is 0 Å². The highest BCUT2D eigenvalue weighted by atomic mass is 19.3. The van der Waals surface area contributed by atoms with Crippen molar-refractivity contribution in [2.45, 2.75) is 19.3 Å². The quantitative estimate of drug-likeness (QED) is 0.842. The van der Waals surface area contributed by atoms with Crippen LogP contribution in [0.4, 0.5) is 14.5 Å². The van der Waals surface area contributed by atoms with Gasteiger partial charge in [-0.05, 0) is 30.5 Å². The van der Waals surface area contributed by atoms with Gasteiger partial charge >= 0.3 is 11.8 Å². The van der Waals surface area contributed by atoms with Crippen molar-refractivity contribution < 1.29 is 13.6 Å². The van der Waals surface area contributed by atoms with Crippen LogP contribution in [0.25, 0.3) is 0 Å². The minimum absolute atomic E-state index is 0.138. The van der Waals surface area contributed by atoms with Crippen molar-refractivity contribution in [3.05, 3.63) is 65.2 Å². The van der Waals surface area contributed by atoms with Gasteiger partial charge in [-0.1, -0.05) is 42.5 Å². The number of fused-ring (bicyclic) bond motifs is 1. The number of anilines is 1. The molecule has 0 spiro atoms. The number of benzene rings is 2. The van der Waals surface area contributed by atoms with Crippen molar-refractivity contribution >= 4 is 11.6 Å². The molecule has 2 nitrogen and oxygen atoms in total. The molecule has 0 saturated carbocycles. The number of rotatable bonds is 3. The van der Waals surface area contributed by atoms with E-state index in [1.165, 1.54) is 0 Å². The third-order valence-corrected chi connectivity index (χ3v) is 3.80. The molecule has 0 unspecified atom stereocenters. The Bertz CT molecular complexity index is 682. The highest BCUT2D eigenvalue weighted by molar-refractivity contribution is 6.06. The van der Waals surface area contributed by atoms with Crippen LogP contribution in [0.1, 0.15) is 23.6 Å². The number of hydrogen-bond donors (Lipinski definition) is 0. The molecule has 0 saturated heterocycles. The smallest absolute Gasteiger partial charge is 0.307 e. The normalized spacial score (nSPS) is 16.1. The molecule has 0 radical (unpaired) electrons. The Morgan fingerprint density at radius 2 is 1.76 bits per heavy atom. The van der Waals surface area contributed by atoms with Crippen molar-refractivity contribution in [2.24, 2.45) is 0 Å². The number of likely N-dealkylation sites (N-methyl/N-ethyl adjacent to an activating group) is 1. The summed E-state index contributed by atoms with van der Waals surface area (Å²) in [5.41, 5.74) is 1.65. The summed E-state index contributed by atoms with van der Waals surface area (Å²) in [5, 5.41) is 0. The number of hydrogen-bond acceptors (Lipinski definition) is 1. The summed E-state index contributed by atoms with van der Waals surface area (Å²) < 4.78 is 28.7. The fourth-order valence-corrected chi connectivity index (χ4v) is 2.84. The average Bonchev–Trinajstić information content (AvgIpc) is 2.68. The van der Waals surface area contributed by atoms with Gasteiger partial charge in [-0.2, -0.15) is 8.78 Å². The van der Waals surface area contributed by atoms with Gasteiger partial charge in [-0.15, -0.1) is 0 Å². The highest BCUT2D eigenvalue weighted by Crippen LogP contribution is 2.46. The lowest BCUT2D eigenvalue weighted by Gasteiger charge is -2.14. The standard InChI is InChI=1S/C17H15F2NO/c1-2-20-14-10-6-9-13(11-12-7-4-3-5-8-12)15(14)17(18,19)16(20)21/h3-10H,2,11H2,1H3. The van der Waals surface area contributed by atoms with Crippen LogP contribution in [0.15, 0.2) is 48.5 Å². The lowest BCUT2D eigenvalue weighted by atomic mass is 9.96. The van der Waals surface area contributed by atoms with Crippen LogP contribution in [-0.2, 0) is 17.1 Å². The zero-order chi connectivity index (χ0) is 15.0. The first-order valence-electron chi connectivity index (χ1n) is 6.91. The summed E-state index contributed by atoms with van der Waals surface area (Å²) in [6.45, 7) is 1.95. The predicted octanol–water partition coefficient (Wildman–Crippen LogP) is 3.74. The third kappa shape index (κ3) is 2.11. The summed E-state index contributed by atoms with van der Waals surface area (Å²) in [6.07, 6.45) is 0.393. The van der Waals surface area contributed by atoms with Crippen molar-refractivity contribution in [2.75, 3.05) is 11.4 Å². The number of alkyl halides is 2. The van der Waals surface area contributed by atoms with Crippen LogP contribution in [0.2, 0.25) is 0 Å². The van der Waals surface area contributed by atoms with Crippen LogP contribution in [-0.4, -0.2) is 12.5 Å². The molecule has 2 aromatic carbocycles. The van der Waals surface area contributed by atoms with E-state index in [1.54, 1.807) is 25.1 Å². The number of nitrogens with zero attached hydrogens (tertiary/aromatic N) is 1. The van der Waals surface area contributed by atoms with Crippen molar-refractivity contribution in [1.29, 1.82) is 0 Å². The highest BCUT2D eigenvalue weighted by Gasteiger charge is 2.53. The van der Waals surface area contributed by atoms with E-state index in [9.17, 15) is 13.6 Å². The van der Waals surface area contributed by atoms with E-state index < -0.39 is 11.8 Å². The lowest BCUT2D eigenvalue weighted by molar-refractivity contribution is -0.141. The van der Waals surface area contributed by atoms with Crippen LogP contribution >= 0.6 is 0 Å². The molecule has 0 bridgehead atoms. The second-order valence-corrected chi connectivity index (χ2v) is 5.10. The zero-order valence-corrected chi connectivity index (χ0v) is 11.6. The van der Waals surface area contributed by atoms with Crippen LogP contribution in [0.5, 0.6) is 0 Å². The first-order chi connectivity index (χ1) is 10.1. The van der Waals surface area contributed by atoms with Crippen LogP contribution in [0, 0.1) is 0 Å². The summed E-state index contributed by atoms with van der Waals surface area (Å²) in [7, 11) is 0. The van der Waals surface area contributed by atoms with Crippen LogP contribution < -0.4 is 4.90 Å². The summed E-state index contributed by atoms with van der Waals surface area (Å²) in [4.78, 5) is 13.1. The Hall–Kier alpha value is -2.23. The van der Waals surface area contributed by atoms with E-state index in [2.05, 4.69) is 0 Å². The number of carbonyl (C=O) groups is 1. The molecule has 0 atom stereocenters. The second kappa shape index (κ2) is 4.95. The van der Waals surface area contributed by atoms with Crippen molar-refractivity contribution in [3.63, 3.8) is 0 Å². The van der Waals surface area contributed by atoms with Gasteiger partial charge < -0.3 is 4.90 Å². The van der Waals surface area contributed by atoms with E-state index in [-0.39, 0.29) is 12.1 Å². The molecule has 4 heteroatoms. The number of amides is 1. The topological polar surface area (TPSA) is 20.3 Å². The Kier molecular flexibility index (Phi) is 3.24. The Morgan fingerprint density at radius 1 is 1.05 bits per heavy atom. The molecule has 3 rings (SSSR count). The third-order valence-electron chi connectivity index (χ3n) is 3.80. The molecule has 1 heterocycles. The first kappa shape index (κ1) is 13.7. The van der Waals surface area contributed by atoms with E-state index in [0.717, 1.165) is 10.5 Å². The second-order valence-electron chi connectivity index (χ2n) is 5.10. The molecule has 1 aliphatic rings. The van der Waals surface area contributed by atoms with E-state index in [4.69, 9.17) is 0 Å². The molecule has 21 heavy (non-hydrogen) atoms. The van der Waals surface area contributed by atoms with E-state index in [1.807, 2.05) is 30.3 Å². The molecular weight excluding hydrogens is 272 g/mol. The predicted molar refractivity (Wildman–Crippen MR) is 77.6 cm³/mol. The fourth-order valence-electron chi connectivity index (χ4n) is 2.84. The monoisotopic (exact) mass is 287 g/mol. The maximum Gasteiger partial charge on any atom is 0.352 e. The molecule has 0 N–H and O–H groups in total. The number of halogens is 2. The first-order valence-corrected chi connectivity index (χ1v) is 6.91. The molecule has 0 aromatic heterocycles. The van der Waals surface area contributed by atoms with Gasteiger partial charge in [0.1, 0.15) is 0 Å². The Labute approximate surface area is 122 Å². The van der Waals surface area contributed by atoms with Gasteiger partial charge in [0.05, 0.1) is 11.3 Å².